The summed E-state index contributed by atoms with van der Waals surface area (Å²) in [6.45, 7) is 4.55. The van der Waals surface area contributed by atoms with Crippen LogP contribution < -0.4 is 5.32 Å². The number of aromatic nitrogens is 2. The van der Waals surface area contributed by atoms with E-state index in [1.165, 1.54) is 0 Å². The first kappa shape index (κ1) is 11.7. The summed E-state index contributed by atoms with van der Waals surface area (Å²) in [5.41, 5.74) is 1.03. The first-order valence-corrected chi connectivity index (χ1v) is 5.18. The highest BCUT2D eigenvalue weighted by molar-refractivity contribution is 5.90. The summed E-state index contributed by atoms with van der Waals surface area (Å²) >= 11 is 0. The van der Waals surface area contributed by atoms with Crippen LogP contribution in [0, 0.1) is 0 Å². The molecule has 0 aromatic carbocycles. The molecule has 84 valence electrons. The molecule has 5 heteroatoms. The molecular formula is C10H17N3O2. The van der Waals surface area contributed by atoms with Gasteiger partial charge in [-0.1, -0.05) is 13.3 Å². The molecule has 0 atom stereocenters. The van der Waals surface area contributed by atoms with Gasteiger partial charge in [-0.15, -0.1) is 0 Å². The number of hydrogen-bond acceptors (Lipinski definition) is 3. The van der Waals surface area contributed by atoms with Gasteiger partial charge in [-0.05, 0) is 13.3 Å². The lowest BCUT2D eigenvalue weighted by Gasteiger charge is -2.00. The highest BCUT2D eigenvalue weighted by Gasteiger charge is 2.05. The Morgan fingerprint density at radius 2 is 2.40 bits per heavy atom. The second kappa shape index (κ2) is 6.19. The summed E-state index contributed by atoms with van der Waals surface area (Å²) in [6.07, 6.45) is 1.99. The average molecular weight is 211 g/mol. The minimum atomic E-state index is -0.175. The minimum absolute atomic E-state index is 0.0759. The Bertz CT molecular complexity index is 309. The lowest BCUT2D eigenvalue weighted by Crippen LogP contribution is -2.18. The second-order valence-electron chi connectivity index (χ2n) is 3.21. The maximum Gasteiger partial charge on any atom is 0.251 e. The molecular weight excluding hydrogens is 194 g/mol. The number of carbonyl (C=O) groups excluding carboxylic acids is 1. The van der Waals surface area contributed by atoms with E-state index >= 15 is 0 Å². The number of ether oxygens (including phenoxy) is 1. The van der Waals surface area contributed by atoms with Crippen molar-refractivity contribution in [3.05, 3.63) is 11.8 Å². The lowest BCUT2D eigenvalue weighted by molar-refractivity contribution is -0.120. The standard InChI is InChI=1S/C10H17N3O2/c1-3-5-8-6-9(13-12-8)11-10(14)7-15-4-2/h6H,3-5,7H2,1-2H3,(H2,11,12,13,14). The summed E-state index contributed by atoms with van der Waals surface area (Å²) in [4.78, 5) is 11.2. The van der Waals surface area contributed by atoms with Gasteiger partial charge in [-0.25, -0.2) is 0 Å². The SMILES string of the molecule is CCCc1cc(NC(=O)COCC)n[nH]1. The quantitative estimate of drug-likeness (QED) is 0.746. The molecule has 15 heavy (non-hydrogen) atoms. The number of aromatic amines is 1. The van der Waals surface area contributed by atoms with Crippen molar-refractivity contribution < 1.29 is 9.53 Å². The molecule has 0 saturated carbocycles. The third-order valence-electron chi connectivity index (χ3n) is 1.86. The number of H-pyrrole nitrogens is 1. The zero-order valence-electron chi connectivity index (χ0n) is 9.17. The summed E-state index contributed by atoms with van der Waals surface area (Å²) in [7, 11) is 0. The van der Waals surface area contributed by atoms with Crippen molar-refractivity contribution in [2.24, 2.45) is 0 Å². The fraction of sp³-hybridized carbons (Fsp3) is 0.600. The Hall–Kier alpha value is -1.36. The summed E-state index contributed by atoms with van der Waals surface area (Å²) in [5.74, 6) is 0.384. The number of nitrogens with one attached hydrogen (secondary N) is 2. The van der Waals surface area contributed by atoms with Gasteiger partial charge < -0.3 is 10.1 Å². The highest BCUT2D eigenvalue weighted by atomic mass is 16.5. The Kier molecular flexibility index (Phi) is 4.83. The third kappa shape index (κ3) is 4.12. The maximum atomic E-state index is 11.2. The van der Waals surface area contributed by atoms with Gasteiger partial charge in [0.05, 0.1) is 0 Å². The second-order valence-corrected chi connectivity index (χ2v) is 3.21. The van der Waals surface area contributed by atoms with E-state index in [4.69, 9.17) is 4.74 Å². The van der Waals surface area contributed by atoms with Gasteiger partial charge in [0, 0.05) is 18.4 Å². The van der Waals surface area contributed by atoms with Crippen molar-refractivity contribution in [2.75, 3.05) is 18.5 Å². The first-order chi connectivity index (χ1) is 7.26. The van der Waals surface area contributed by atoms with Crippen LogP contribution in [0.15, 0.2) is 6.07 Å². The molecule has 0 fully saturated rings. The number of aryl methyl sites for hydroxylation is 1. The van der Waals surface area contributed by atoms with Gasteiger partial charge in [0.15, 0.2) is 5.82 Å². The molecule has 1 heterocycles. The molecule has 1 amide bonds. The molecule has 5 nitrogen and oxygen atoms in total. The zero-order chi connectivity index (χ0) is 11.1. The van der Waals surface area contributed by atoms with Crippen molar-refractivity contribution in [1.29, 1.82) is 0 Å². The summed E-state index contributed by atoms with van der Waals surface area (Å²) < 4.78 is 4.97. The van der Waals surface area contributed by atoms with E-state index in [2.05, 4.69) is 22.4 Å². The molecule has 0 unspecified atom stereocenters. The van der Waals surface area contributed by atoms with Crippen molar-refractivity contribution in [3.63, 3.8) is 0 Å². The van der Waals surface area contributed by atoms with E-state index in [1.807, 2.05) is 13.0 Å². The van der Waals surface area contributed by atoms with Gasteiger partial charge in [0.25, 0.3) is 5.91 Å². The van der Waals surface area contributed by atoms with Crippen LogP contribution in [0.4, 0.5) is 5.82 Å². The number of anilines is 1. The van der Waals surface area contributed by atoms with E-state index < -0.39 is 0 Å². The monoisotopic (exact) mass is 211 g/mol. The van der Waals surface area contributed by atoms with E-state index in [0.717, 1.165) is 18.5 Å². The Morgan fingerprint density at radius 3 is 3.07 bits per heavy atom. The van der Waals surface area contributed by atoms with Crippen LogP contribution in [-0.4, -0.2) is 29.3 Å². The molecule has 2 N–H and O–H groups in total. The van der Waals surface area contributed by atoms with E-state index in [-0.39, 0.29) is 12.5 Å². The number of hydrogen-bond donors (Lipinski definition) is 2. The normalized spacial score (nSPS) is 10.3. The smallest absolute Gasteiger partial charge is 0.251 e. The van der Waals surface area contributed by atoms with Crippen LogP contribution >= 0.6 is 0 Å². The topological polar surface area (TPSA) is 67.0 Å². The number of nitrogens with zero attached hydrogens (tertiary/aromatic N) is 1. The van der Waals surface area contributed by atoms with Crippen LogP contribution in [0.25, 0.3) is 0 Å². The molecule has 0 aliphatic heterocycles. The van der Waals surface area contributed by atoms with Crippen molar-refractivity contribution >= 4 is 11.7 Å². The molecule has 0 spiro atoms. The molecule has 1 aromatic rings. The lowest BCUT2D eigenvalue weighted by atomic mass is 10.2. The zero-order valence-corrected chi connectivity index (χ0v) is 9.17. The van der Waals surface area contributed by atoms with Crippen LogP contribution in [-0.2, 0) is 16.0 Å². The van der Waals surface area contributed by atoms with Crippen LogP contribution in [0.5, 0.6) is 0 Å². The molecule has 0 saturated heterocycles. The Balaban J connectivity index is 2.39. The predicted molar refractivity (Wildman–Crippen MR) is 57.7 cm³/mol. The van der Waals surface area contributed by atoms with E-state index in [9.17, 15) is 4.79 Å². The van der Waals surface area contributed by atoms with E-state index in [0.29, 0.717) is 12.4 Å². The van der Waals surface area contributed by atoms with Gasteiger partial charge in [0.2, 0.25) is 0 Å². The number of rotatable bonds is 6. The van der Waals surface area contributed by atoms with Crippen LogP contribution in [0.1, 0.15) is 26.0 Å². The average Bonchev–Trinajstić information content (AvgIpc) is 2.63. The molecule has 0 radical (unpaired) electrons. The summed E-state index contributed by atoms with van der Waals surface area (Å²) in [6, 6.07) is 1.84. The maximum absolute atomic E-state index is 11.2. The Labute approximate surface area is 89.2 Å². The van der Waals surface area contributed by atoms with Crippen LogP contribution in [0.3, 0.4) is 0 Å². The van der Waals surface area contributed by atoms with Crippen molar-refractivity contribution in [1.82, 2.24) is 10.2 Å². The fourth-order valence-corrected chi connectivity index (χ4v) is 1.20. The third-order valence-corrected chi connectivity index (χ3v) is 1.86. The van der Waals surface area contributed by atoms with Crippen molar-refractivity contribution in [2.45, 2.75) is 26.7 Å². The number of carbonyl (C=O) groups is 1. The van der Waals surface area contributed by atoms with Gasteiger partial charge in [-0.3, -0.25) is 9.89 Å². The molecule has 1 aromatic heterocycles. The molecule has 0 aliphatic rings. The van der Waals surface area contributed by atoms with E-state index in [1.54, 1.807) is 0 Å². The fourth-order valence-electron chi connectivity index (χ4n) is 1.20. The predicted octanol–water partition coefficient (Wildman–Crippen LogP) is 1.34. The summed E-state index contributed by atoms with van der Waals surface area (Å²) in [5, 5.41) is 9.48. The number of amides is 1. The first-order valence-electron chi connectivity index (χ1n) is 5.18. The minimum Gasteiger partial charge on any atom is -0.372 e. The molecule has 0 aliphatic carbocycles. The van der Waals surface area contributed by atoms with Gasteiger partial charge in [0.1, 0.15) is 6.61 Å². The van der Waals surface area contributed by atoms with Crippen LogP contribution in [0.2, 0.25) is 0 Å². The highest BCUT2D eigenvalue weighted by Crippen LogP contribution is 2.06. The molecule has 0 bridgehead atoms. The molecule has 1 rings (SSSR count). The van der Waals surface area contributed by atoms with Gasteiger partial charge in [-0.2, -0.15) is 5.10 Å². The van der Waals surface area contributed by atoms with Gasteiger partial charge >= 0.3 is 0 Å². The largest absolute Gasteiger partial charge is 0.372 e. The van der Waals surface area contributed by atoms with Crippen molar-refractivity contribution in [3.8, 4) is 0 Å². The Morgan fingerprint density at radius 1 is 1.60 bits per heavy atom.